The highest BCUT2D eigenvalue weighted by Crippen LogP contribution is 2.44. The van der Waals surface area contributed by atoms with Crippen molar-refractivity contribution in [2.75, 3.05) is 0 Å². The summed E-state index contributed by atoms with van der Waals surface area (Å²) in [7, 11) is 0. The molecule has 0 amide bonds. The van der Waals surface area contributed by atoms with Gasteiger partial charge < -0.3 is 0 Å². The van der Waals surface area contributed by atoms with E-state index >= 15 is 0 Å². The molecule has 0 saturated heterocycles. The number of hydrogen-bond acceptors (Lipinski definition) is 2. The highest BCUT2D eigenvalue weighted by atomic mass is 16.1. The molecule has 72 valence electrons. The molecule has 13 heavy (non-hydrogen) atoms. The summed E-state index contributed by atoms with van der Waals surface area (Å²) in [5.74, 6) is 0.791. The van der Waals surface area contributed by atoms with Crippen LogP contribution in [-0.2, 0) is 9.59 Å². The van der Waals surface area contributed by atoms with Gasteiger partial charge in [-0.3, -0.25) is 9.59 Å². The summed E-state index contributed by atoms with van der Waals surface area (Å²) in [6.07, 6.45) is 6.94. The molecule has 2 rings (SSSR count). The van der Waals surface area contributed by atoms with E-state index in [2.05, 4.69) is 0 Å². The molecular weight excluding hydrogens is 164 g/mol. The van der Waals surface area contributed by atoms with Gasteiger partial charge >= 0.3 is 0 Å². The van der Waals surface area contributed by atoms with Crippen molar-refractivity contribution in [1.29, 1.82) is 0 Å². The summed E-state index contributed by atoms with van der Waals surface area (Å²) in [5.41, 5.74) is -0.0633. The van der Waals surface area contributed by atoms with Gasteiger partial charge in [-0.1, -0.05) is 0 Å². The van der Waals surface area contributed by atoms with Gasteiger partial charge in [0.2, 0.25) is 0 Å². The molecule has 0 aliphatic heterocycles. The molecule has 0 heterocycles. The maximum Gasteiger partial charge on any atom is 0.139 e. The molecule has 0 radical (unpaired) electrons. The maximum atomic E-state index is 11.7. The molecule has 0 aromatic rings. The van der Waals surface area contributed by atoms with Gasteiger partial charge in [0.1, 0.15) is 11.6 Å². The minimum Gasteiger partial charge on any atom is -0.300 e. The topological polar surface area (TPSA) is 34.1 Å². The number of ketones is 2. The largest absolute Gasteiger partial charge is 0.300 e. The minimum absolute atomic E-state index is 0.0633. The Labute approximate surface area is 78.7 Å². The Hall–Kier alpha value is -0.660. The van der Waals surface area contributed by atoms with Crippen LogP contribution in [0.4, 0.5) is 0 Å². The average molecular weight is 180 g/mol. The Kier molecular flexibility index (Phi) is 2.22. The summed E-state index contributed by atoms with van der Waals surface area (Å²) in [6, 6.07) is 0. The number of Topliss-reactive ketones (excluding diaryl/α,β-unsaturated/α-hetero) is 2. The highest BCUT2D eigenvalue weighted by molar-refractivity contribution is 5.88. The molecule has 1 unspecified atom stereocenters. The second kappa shape index (κ2) is 3.24. The van der Waals surface area contributed by atoms with Crippen LogP contribution in [0.3, 0.4) is 0 Å². The van der Waals surface area contributed by atoms with Crippen LogP contribution < -0.4 is 0 Å². The molecule has 2 fully saturated rings. The summed E-state index contributed by atoms with van der Waals surface area (Å²) in [4.78, 5) is 22.9. The van der Waals surface area contributed by atoms with Gasteiger partial charge in [0, 0.05) is 24.7 Å². The molecule has 0 N–H and O–H groups in total. The summed E-state index contributed by atoms with van der Waals surface area (Å²) >= 11 is 0. The van der Waals surface area contributed by atoms with E-state index in [9.17, 15) is 9.59 Å². The van der Waals surface area contributed by atoms with E-state index in [1.807, 2.05) is 0 Å². The van der Waals surface area contributed by atoms with Crippen molar-refractivity contribution < 1.29 is 9.59 Å². The van der Waals surface area contributed by atoms with E-state index in [0.29, 0.717) is 24.4 Å². The number of hydrogen-bond donors (Lipinski definition) is 0. The zero-order chi connectivity index (χ0) is 9.31. The quantitative estimate of drug-likeness (QED) is 0.573. The van der Waals surface area contributed by atoms with Gasteiger partial charge in [0.25, 0.3) is 0 Å². The van der Waals surface area contributed by atoms with Gasteiger partial charge in [-0.2, -0.15) is 0 Å². The SMILES string of the molecule is O=C1CCCC2(CCCC2=O)CC1. The molecule has 0 bridgehead atoms. The molecule has 2 aliphatic rings. The standard InChI is InChI=1S/C11H16O2/c12-9-3-1-6-11(8-5-9)7-2-4-10(11)13/h1-8H2. The number of rotatable bonds is 0. The lowest BCUT2D eigenvalue weighted by Crippen LogP contribution is -2.24. The van der Waals surface area contributed by atoms with E-state index in [1.165, 1.54) is 0 Å². The monoisotopic (exact) mass is 180 g/mol. The van der Waals surface area contributed by atoms with Crippen molar-refractivity contribution in [1.82, 2.24) is 0 Å². The predicted octanol–water partition coefficient (Wildman–Crippen LogP) is 2.26. The molecule has 2 nitrogen and oxygen atoms in total. The first kappa shape index (κ1) is 8.92. The van der Waals surface area contributed by atoms with Crippen molar-refractivity contribution in [3.63, 3.8) is 0 Å². The average Bonchev–Trinajstić information content (AvgIpc) is 2.32. The molecule has 2 aliphatic carbocycles. The molecule has 0 aromatic heterocycles. The molecular formula is C11H16O2. The second-order valence-corrected chi connectivity index (χ2v) is 4.45. The lowest BCUT2D eigenvalue weighted by atomic mass is 9.78. The third-order valence-corrected chi connectivity index (χ3v) is 3.64. The first-order valence-electron chi connectivity index (χ1n) is 5.28. The lowest BCUT2D eigenvalue weighted by Gasteiger charge is -2.24. The van der Waals surface area contributed by atoms with E-state index in [0.717, 1.165) is 38.5 Å². The zero-order valence-electron chi connectivity index (χ0n) is 7.97. The Morgan fingerprint density at radius 2 is 1.54 bits per heavy atom. The third-order valence-electron chi connectivity index (χ3n) is 3.64. The van der Waals surface area contributed by atoms with Crippen molar-refractivity contribution in [3.8, 4) is 0 Å². The Morgan fingerprint density at radius 1 is 0.846 bits per heavy atom. The Balaban J connectivity index is 2.13. The first-order chi connectivity index (χ1) is 6.23. The summed E-state index contributed by atoms with van der Waals surface area (Å²) in [6.45, 7) is 0. The molecule has 1 spiro atoms. The van der Waals surface area contributed by atoms with Crippen LogP contribution in [-0.4, -0.2) is 11.6 Å². The molecule has 1 atom stereocenters. The third kappa shape index (κ3) is 1.54. The van der Waals surface area contributed by atoms with Gasteiger partial charge in [0.05, 0.1) is 0 Å². The highest BCUT2D eigenvalue weighted by Gasteiger charge is 2.42. The van der Waals surface area contributed by atoms with Crippen LogP contribution in [0.5, 0.6) is 0 Å². The summed E-state index contributed by atoms with van der Waals surface area (Å²) in [5, 5.41) is 0. The predicted molar refractivity (Wildman–Crippen MR) is 49.4 cm³/mol. The van der Waals surface area contributed by atoms with Crippen LogP contribution in [0.25, 0.3) is 0 Å². The van der Waals surface area contributed by atoms with Crippen LogP contribution in [0, 0.1) is 5.41 Å². The Bertz CT molecular complexity index is 244. The summed E-state index contributed by atoms with van der Waals surface area (Å²) < 4.78 is 0. The van der Waals surface area contributed by atoms with Gasteiger partial charge in [-0.15, -0.1) is 0 Å². The van der Waals surface area contributed by atoms with Crippen LogP contribution in [0.2, 0.25) is 0 Å². The zero-order valence-corrected chi connectivity index (χ0v) is 7.97. The van der Waals surface area contributed by atoms with E-state index in [-0.39, 0.29) is 5.41 Å². The number of carbonyl (C=O) groups excluding carboxylic acids is 2. The van der Waals surface area contributed by atoms with Gasteiger partial charge in [-0.05, 0) is 32.1 Å². The van der Waals surface area contributed by atoms with Crippen LogP contribution in [0.1, 0.15) is 51.4 Å². The number of carbonyl (C=O) groups is 2. The fraction of sp³-hybridized carbons (Fsp3) is 0.818. The molecule has 2 saturated carbocycles. The van der Waals surface area contributed by atoms with Crippen molar-refractivity contribution >= 4 is 11.6 Å². The van der Waals surface area contributed by atoms with Crippen molar-refractivity contribution in [2.45, 2.75) is 51.4 Å². The fourth-order valence-corrected chi connectivity index (χ4v) is 2.77. The van der Waals surface area contributed by atoms with Crippen LogP contribution >= 0.6 is 0 Å². The molecule has 2 heteroatoms. The normalized spacial score (nSPS) is 35.4. The van der Waals surface area contributed by atoms with Crippen molar-refractivity contribution in [3.05, 3.63) is 0 Å². The minimum atomic E-state index is -0.0633. The lowest BCUT2D eigenvalue weighted by molar-refractivity contribution is -0.126. The smallest absolute Gasteiger partial charge is 0.139 e. The van der Waals surface area contributed by atoms with E-state index in [1.54, 1.807) is 0 Å². The van der Waals surface area contributed by atoms with E-state index < -0.39 is 0 Å². The van der Waals surface area contributed by atoms with Gasteiger partial charge in [0.15, 0.2) is 0 Å². The first-order valence-corrected chi connectivity index (χ1v) is 5.28. The molecule has 0 aromatic carbocycles. The maximum absolute atomic E-state index is 11.7. The van der Waals surface area contributed by atoms with E-state index in [4.69, 9.17) is 0 Å². The van der Waals surface area contributed by atoms with Gasteiger partial charge in [-0.25, -0.2) is 0 Å². The Morgan fingerprint density at radius 3 is 2.15 bits per heavy atom. The van der Waals surface area contributed by atoms with Crippen molar-refractivity contribution in [2.24, 2.45) is 5.41 Å². The second-order valence-electron chi connectivity index (χ2n) is 4.45. The fourth-order valence-electron chi connectivity index (χ4n) is 2.77. The van der Waals surface area contributed by atoms with Crippen LogP contribution in [0.15, 0.2) is 0 Å².